The van der Waals surface area contributed by atoms with Gasteiger partial charge in [-0.15, -0.1) is 0 Å². The molecule has 0 spiro atoms. The fourth-order valence-corrected chi connectivity index (χ4v) is 3.58. The molecule has 5 heteroatoms. The average molecular weight is 248 g/mol. The van der Waals surface area contributed by atoms with Gasteiger partial charge in [-0.1, -0.05) is 13.3 Å². The van der Waals surface area contributed by atoms with Crippen LogP contribution in [0, 0.1) is 5.92 Å². The van der Waals surface area contributed by atoms with Gasteiger partial charge in [0.25, 0.3) is 0 Å². The van der Waals surface area contributed by atoms with Crippen molar-refractivity contribution >= 4 is 10.0 Å². The monoisotopic (exact) mass is 248 g/mol. The third kappa shape index (κ3) is 4.39. The molecule has 1 aliphatic heterocycles. The maximum atomic E-state index is 12.0. The normalized spacial score (nSPS) is 19.2. The molecule has 0 bridgehead atoms. The molecule has 0 aromatic rings. The molecule has 1 aliphatic rings. The van der Waals surface area contributed by atoms with Crippen LogP contribution in [0.2, 0.25) is 0 Å². The van der Waals surface area contributed by atoms with Crippen LogP contribution in [0.3, 0.4) is 0 Å². The number of nitrogens with one attached hydrogen (secondary N) is 1. The molecule has 1 rings (SSSR count). The summed E-state index contributed by atoms with van der Waals surface area (Å²) < 4.78 is 25.5. The van der Waals surface area contributed by atoms with E-state index >= 15 is 0 Å². The maximum absolute atomic E-state index is 12.0. The summed E-state index contributed by atoms with van der Waals surface area (Å²) in [7, 11) is -1.33. The first kappa shape index (κ1) is 13.9. The standard InChI is InChI=1S/C11H24N2O2S/c1-3-4-9-13(2)16(14,15)10-11-5-7-12-8-6-11/h11-12H,3-10H2,1-2H3. The van der Waals surface area contributed by atoms with E-state index in [-0.39, 0.29) is 0 Å². The van der Waals surface area contributed by atoms with Gasteiger partial charge >= 0.3 is 0 Å². The van der Waals surface area contributed by atoms with Crippen molar-refractivity contribution in [3.8, 4) is 0 Å². The zero-order valence-electron chi connectivity index (χ0n) is 10.4. The zero-order valence-corrected chi connectivity index (χ0v) is 11.2. The van der Waals surface area contributed by atoms with Gasteiger partial charge in [-0.3, -0.25) is 0 Å². The number of rotatable bonds is 6. The van der Waals surface area contributed by atoms with Crippen molar-refractivity contribution < 1.29 is 8.42 Å². The quantitative estimate of drug-likeness (QED) is 0.764. The lowest BCUT2D eigenvalue weighted by Crippen LogP contribution is -2.37. The summed E-state index contributed by atoms with van der Waals surface area (Å²) in [6.07, 6.45) is 3.96. The van der Waals surface area contributed by atoms with Crippen LogP contribution in [0.25, 0.3) is 0 Å². The van der Waals surface area contributed by atoms with E-state index in [4.69, 9.17) is 0 Å². The van der Waals surface area contributed by atoms with Crippen molar-refractivity contribution in [2.24, 2.45) is 5.92 Å². The first-order valence-electron chi connectivity index (χ1n) is 6.21. The molecule has 0 aromatic carbocycles. The minimum Gasteiger partial charge on any atom is -0.317 e. The number of nitrogens with zero attached hydrogens (tertiary/aromatic N) is 1. The molecule has 0 radical (unpaired) electrons. The summed E-state index contributed by atoms with van der Waals surface area (Å²) in [6.45, 7) is 4.65. The van der Waals surface area contributed by atoms with Crippen molar-refractivity contribution in [2.75, 3.05) is 32.4 Å². The second kappa shape index (κ2) is 6.57. The Bertz CT molecular complexity index is 284. The van der Waals surface area contributed by atoms with Crippen LogP contribution in [0.4, 0.5) is 0 Å². The number of hydrogen-bond donors (Lipinski definition) is 1. The Labute approximate surface area is 99.5 Å². The Hall–Kier alpha value is -0.130. The van der Waals surface area contributed by atoms with Crippen LogP contribution >= 0.6 is 0 Å². The van der Waals surface area contributed by atoms with E-state index in [0.717, 1.165) is 38.8 Å². The fraction of sp³-hybridized carbons (Fsp3) is 1.00. The second-order valence-corrected chi connectivity index (χ2v) is 6.77. The molecule has 1 saturated heterocycles. The summed E-state index contributed by atoms with van der Waals surface area (Å²) in [4.78, 5) is 0. The molecule has 0 aliphatic carbocycles. The average Bonchev–Trinajstić information content (AvgIpc) is 2.26. The van der Waals surface area contributed by atoms with Crippen molar-refractivity contribution in [3.05, 3.63) is 0 Å². The molecule has 96 valence electrons. The van der Waals surface area contributed by atoms with Gasteiger partial charge in [-0.2, -0.15) is 0 Å². The summed E-state index contributed by atoms with van der Waals surface area (Å²) in [5.41, 5.74) is 0. The predicted octanol–water partition coefficient (Wildman–Crippen LogP) is 1.05. The minimum atomic E-state index is -3.03. The van der Waals surface area contributed by atoms with Crippen molar-refractivity contribution in [3.63, 3.8) is 0 Å². The molecule has 1 heterocycles. The molecule has 0 atom stereocenters. The van der Waals surface area contributed by atoms with Gasteiger partial charge in [0.2, 0.25) is 10.0 Å². The van der Waals surface area contributed by atoms with Crippen LogP contribution in [0.5, 0.6) is 0 Å². The molecular weight excluding hydrogens is 224 g/mol. The van der Waals surface area contributed by atoms with Crippen LogP contribution in [0.1, 0.15) is 32.6 Å². The Kier molecular flexibility index (Phi) is 5.72. The predicted molar refractivity (Wildman–Crippen MR) is 66.9 cm³/mol. The van der Waals surface area contributed by atoms with Crippen molar-refractivity contribution in [1.82, 2.24) is 9.62 Å². The number of piperidine rings is 1. The molecule has 0 unspecified atom stereocenters. The fourth-order valence-electron chi connectivity index (χ4n) is 1.99. The van der Waals surface area contributed by atoms with Gasteiger partial charge in [0.1, 0.15) is 0 Å². The molecule has 1 fully saturated rings. The smallest absolute Gasteiger partial charge is 0.214 e. The second-order valence-electron chi connectivity index (χ2n) is 4.65. The van der Waals surface area contributed by atoms with Gasteiger partial charge in [-0.25, -0.2) is 12.7 Å². The summed E-state index contributed by atoms with van der Waals surface area (Å²) in [5, 5.41) is 3.26. The molecule has 4 nitrogen and oxygen atoms in total. The van der Waals surface area contributed by atoms with Crippen LogP contribution in [-0.4, -0.2) is 45.2 Å². The lowest BCUT2D eigenvalue weighted by atomic mass is 10.0. The van der Waals surface area contributed by atoms with Crippen LogP contribution < -0.4 is 5.32 Å². The van der Waals surface area contributed by atoms with E-state index in [2.05, 4.69) is 12.2 Å². The SMILES string of the molecule is CCCCN(C)S(=O)(=O)CC1CCNCC1. The van der Waals surface area contributed by atoms with Gasteiger partial charge in [-0.05, 0) is 38.3 Å². The Morgan fingerprint density at radius 3 is 2.50 bits per heavy atom. The van der Waals surface area contributed by atoms with Crippen molar-refractivity contribution in [2.45, 2.75) is 32.6 Å². The Morgan fingerprint density at radius 1 is 1.31 bits per heavy atom. The van der Waals surface area contributed by atoms with Crippen LogP contribution in [-0.2, 0) is 10.0 Å². The van der Waals surface area contributed by atoms with E-state index < -0.39 is 10.0 Å². The molecule has 0 saturated carbocycles. The number of sulfonamides is 1. The largest absolute Gasteiger partial charge is 0.317 e. The van der Waals surface area contributed by atoms with Gasteiger partial charge < -0.3 is 5.32 Å². The Balaban J connectivity index is 2.42. The maximum Gasteiger partial charge on any atom is 0.214 e. The third-order valence-electron chi connectivity index (χ3n) is 3.21. The molecule has 1 N–H and O–H groups in total. The minimum absolute atomic E-state index is 0.328. The van der Waals surface area contributed by atoms with Gasteiger partial charge in [0.15, 0.2) is 0 Å². The van der Waals surface area contributed by atoms with E-state index in [1.54, 1.807) is 7.05 Å². The van der Waals surface area contributed by atoms with E-state index in [1.165, 1.54) is 4.31 Å². The van der Waals surface area contributed by atoms with E-state index in [0.29, 0.717) is 18.2 Å². The number of hydrogen-bond acceptors (Lipinski definition) is 3. The highest BCUT2D eigenvalue weighted by Crippen LogP contribution is 2.16. The topological polar surface area (TPSA) is 49.4 Å². The zero-order chi connectivity index (χ0) is 12.0. The highest BCUT2D eigenvalue weighted by atomic mass is 32.2. The third-order valence-corrected chi connectivity index (χ3v) is 5.23. The molecule has 16 heavy (non-hydrogen) atoms. The molecule has 0 amide bonds. The van der Waals surface area contributed by atoms with Gasteiger partial charge in [0, 0.05) is 13.6 Å². The summed E-state index contributed by atoms with van der Waals surface area (Å²) in [5.74, 6) is 0.671. The lowest BCUT2D eigenvalue weighted by Gasteiger charge is -2.25. The first-order chi connectivity index (χ1) is 7.56. The van der Waals surface area contributed by atoms with E-state index in [9.17, 15) is 8.42 Å². The molecular formula is C11H24N2O2S. The van der Waals surface area contributed by atoms with E-state index in [1.807, 2.05) is 0 Å². The van der Waals surface area contributed by atoms with Crippen molar-refractivity contribution in [1.29, 1.82) is 0 Å². The summed E-state index contributed by atoms with van der Waals surface area (Å²) in [6, 6.07) is 0. The van der Waals surface area contributed by atoms with Gasteiger partial charge in [0.05, 0.1) is 5.75 Å². The lowest BCUT2D eigenvalue weighted by molar-refractivity contribution is 0.388. The molecule has 0 aromatic heterocycles. The summed E-state index contributed by atoms with van der Waals surface area (Å²) >= 11 is 0. The first-order valence-corrected chi connectivity index (χ1v) is 7.82. The number of unbranched alkanes of at least 4 members (excludes halogenated alkanes) is 1. The highest BCUT2D eigenvalue weighted by Gasteiger charge is 2.24. The highest BCUT2D eigenvalue weighted by molar-refractivity contribution is 7.89. The van der Waals surface area contributed by atoms with Crippen LogP contribution in [0.15, 0.2) is 0 Å². The Morgan fingerprint density at radius 2 is 1.94 bits per heavy atom.